The Morgan fingerprint density at radius 1 is 1.11 bits per heavy atom. The molecule has 2 atom stereocenters. The van der Waals surface area contributed by atoms with Gasteiger partial charge in [0.1, 0.15) is 0 Å². The van der Waals surface area contributed by atoms with Crippen molar-refractivity contribution in [3.63, 3.8) is 0 Å². The number of benzene rings is 1. The second-order valence-corrected chi connectivity index (χ2v) is 7.05. The summed E-state index contributed by atoms with van der Waals surface area (Å²) in [6.45, 7) is 7.49. The molecule has 1 aromatic rings. The van der Waals surface area contributed by atoms with Gasteiger partial charge in [-0.3, -0.25) is 4.79 Å². The van der Waals surface area contributed by atoms with Gasteiger partial charge in [-0.25, -0.2) is 0 Å². The van der Waals surface area contributed by atoms with E-state index in [0.717, 1.165) is 69.8 Å². The molecule has 1 aliphatic carbocycles. The number of piperazine rings is 1. The molecule has 27 heavy (non-hydrogen) atoms. The summed E-state index contributed by atoms with van der Waals surface area (Å²) in [7, 11) is 0. The van der Waals surface area contributed by atoms with Crippen molar-refractivity contribution in [1.82, 2.24) is 4.90 Å². The maximum atomic E-state index is 12.7. The van der Waals surface area contributed by atoms with Crippen LogP contribution in [0.3, 0.4) is 0 Å². The Morgan fingerprint density at radius 2 is 1.78 bits per heavy atom. The highest BCUT2D eigenvalue weighted by Gasteiger charge is 2.26. The average molecular weight is 440 g/mol. The van der Waals surface area contributed by atoms with Crippen molar-refractivity contribution in [1.29, 1.82) is 0 Å². The molecule has 5 nitrogen and oxygen atoms in total. The highest BCUT2D eigenvalue weighted by Crippen LogP contribution is 2.29. The Hall–Kier alpha value is -0.720. The molecule has 0 bridgehead atoms. The molecule has 0 radical (unpaired) electrons. The number of nitrogens with zero attached hydrogens (tertiary/aromatic N) is 2. The number of likely N-dealkylation sites (N-methyl/N-ethyl adjacent to an activating group) is 1. The van der Waals surface area contributed by atoms with Gasteiger partial charge in [-0.2, -0.15) is 0 Å². The summed E-state index contributed by atoms with van der Waals surface area (Å²) >= 11 is 0. The van der Waals surface area contributed by atoms with Crippen molar-refractivity contribution in [3.05, 3.63) is 24.3 Å². The number of carbonyl (C=O) groups excluding carboxylic acids is 1. The van der Waals surface area contributed by atoms with E-state index in [0.29, 0.717) is 0 Å². The molecule has 2 fully saturated rings. The lowest BCUT2D eigenvalue weighted by Crippen LogP contribution is -2.46. The molecule has 1 saturated heterocycles. The second-order valence-electron chi connectivity index (χ2n) is 7.05. The SMILES string of the molecule is CCN1CCN(c2ccccc2NC(=O)C2CCCC(N)C2)CC1.Cl.Cl.Cl. The van der Waals surface area contributed by atoms with E-state index in [9.17, 15) is 4.79 Å². The first-order valence-corrected chi connectivity index (χ1v) is 9.30. The minimum Gasteiger partial charge on any atom is -0.367 e. The van der Waals surface area contributed by atoms with Crippen LogP contribution in [0.15, 0.2) is 24.3 Å². The summed E-state index contributed by atoms with van der Waals surface area (Å²) in [5.74, 6) is 0.184. The zero-order valence-corrected chi connectivity index (χ0v) is 18.4. The Morgan fingerprint density at radius 3 is 2.41 bits per heavy atom. The largest absolute Gasteiger partial charge is 0.367 e. The van der Waals surface area contributed by atoms with Gasteiger partial charge < -0.3 is 20.9 Å². The topological polar surface area (TPSA) is 61.6 Å². The Labute approximate surface area is 181 Å². The number of rotatable bonds is 4. The van der Waals surface area contributed by atoms with Crippen molar-refractivity contribution in [3.8, 4) is 0 Å². The van der Waals surface area contributed by atoms with Crippen molar-refractivity contribution in [2.45, 2.75) is 38.6 Å². The van der Waals surface area contributed by atoms with Gasteiger partial charge in [0, 0.05) is 38.1 Å². The standard InChI is InChI=1S/C19H30N4O.3ClH/c1-2-22-10-12-23(13-11-22)18-9-4-3-8-17(18)21-19(24)15-6-5-7-16(20)14-15;;;/h3-4,8-9,15-16H,2,5-7,10-14,20H2,1H3,(H,21,24);3*1H. The third-order valence-electron chi connectivity index (χ3n) is 5.41. The van der Waals surface area contributed by atoms with Gasteiger partial charge in [0.25, 0.3) is 0 Å². The molecule has 1 amide bonds. The van der Waals surface area contributed by atoms with Crippen molar-refractivity contribution in [2.75, 3.05) is 42.9 Å². The first-order chi connectivity index (χ1) is 11.7. The Bertz CT molecular complexity index is 568. The van der Waals surface area contributed by atoms with Gasteiger partial charge in [-0.1, -0.05) is 25.5 Å². The maximum Gasteiger partial charge on any atom is 0.227 e. The van der Waals surface area contributed by atoms with Crippen LogP contribution in [-0.2, 0) is 4.79 Å². The van der Waals surface area contributed by atoms with Crippen LogP contribution >= 0.6 is 37.2 Å². The molecule has 1 aromatic carbocycles. The van der Waals surface area contributed by atoms with E-state index >= 15 is 0 Å². The van der Waals surface area contributed by atoms with Gasteiger partial charge >= 0.3 is 0 Å². The lowest BCUT2D eigenvalue weighted by molar-refractivity contribution is -0.120. The molecule has 1 heterocycles. The molecule has 0 aromatic heterocycles. The normalized spacial score (nSPS) is 22.7. The van der Waals surface area contributed by atoms with Crippen LogP contribution in [0.25, 0.3) is 0 Å². The molecule has 1 aliphatic heterocycles. The number of hydrogen-bond acceptors (Lipinski definition) is 4. The van der Waals surface area contributed by atoms with Crippen LogP contribution in [0.1, 0.15) is 32.6 Å². The van der Waals surface area contributed by atoms with Crippen LogP contribution in [0.4, 0.5) is 11.4 Å². The van der Waals surface area contributed by atoms with E-state index in [2.05, 4.69) is 28.1 Å². The van der Waals surface area contributed by atoms with Crippen molar-refractivity contribution < 1.29 is 4.79 Å². The van der Waals surface area contributed by atoms with Crippen LogP contribution in [0, 0.1) is 5.92 Å². The molecular formula is C19H33Cl3N4O. The minimum atomic E-state index is 0. The first-order valence-electron chi connectivity index (χ1n) is 9.30. The number of halogens is 3. The second kappa shape index (κ2) is 12.7. The number of hydrogen-bond donors (Lipinski definition) is 2. The number of nitrogens with one attached hydrogen (secondary N) is 1. The number of para-hydroxylation sites is 2. The lowest BCUT2D eigenvalue weighted by Gasteiger charge is -2.36. The smallest absolute Gasteiger partial charge is 0.227 e. The van der Waals surface area contributed by atoms with E-state index in [1.807, 2.05) is 18.2 Å². The fourth-order valence-electron chi connectivity index (χ4n) is 3.86. The van der Waals surface area contributed by atoms with Gasteiger partial charge in [0.05, 0.1) is 11.4 Å². The summed E-state index contributed by atoms with van der Waals surface area (Å²) in [6.07, 6.45) is 3.86. The first kappa shape index (κ1) is 26.3. The lowest BCUT2D eigenvalue weighted by atomic mass is 9.85. The molecule has 0 spiro atoms. The molecule has 8 heteroatoms. The van der Waals surface area contributed by atoms with Crippen molar-refractivity contribution >= 4 is 54.5 Å². The maximum absolute atomic E-state index is 12.7. The zero-order valence-electron chi connectivity index (χ0n) is 15.9. The average Bonchev–Trinajstić information content (AvgIpc) is 2.62. The van der Waals surface area contributed by atoms with E-state index in [4.69, 9.17) is 5.73 Å². The highest BCUT2D eigenvalue weighted by molar-refractivity contribution is 5.96. The van der Waals surface area contributed by atoms with Gasteiger partial charge in [-0.15, -0.1) is 37.2 Å². The van der Waals surface area contributed by atoms with Crippen molar-refractivity contribution in [2.24, 2.45) is 11.7 Å². The molecule has 2 aliphatic rings. The number of anilines is 2. The Kier molecular flexibility index (Phi) is 12.3. The molecule has 3 rings (SSSR count). The number of nitrogens with two attached hydrogens (primary N) is 1. The molecule has 156 valence electrons. The molecular weight excluding hydrogens is 407 g/mol. The summed E-state index contributed by atoms with van der Waals surface area (Å²) in [6, 6.07) is 8.35. The monoisotopic (exact) mass is 438 g/mol. The predicted octanol–water partition coefficient (Wildman–Crippen LogP) is 3.55. The van der Waals surface area contributed by atoms with Crippen LogP contribution in [-0.4, -0.2) is 49.6 Å². The highest BCUT2D eigenvalue weighted by atomic mass is 35.5. The zero-order chi connectivity index (χ0) is 16.9. The quantitative estimate of drug-likeness (QED) is 0.753. The van der Waals surface area contributed by atoms with Crippen LogP contribution < -0.4 is 16.0 Å². The summed E-state index contributed by atoms with van der Waals surface area (Å²) < 4.78 is 0. The number of amides is 1. The third kappa shape index (κ3) is 6.99. The third-order valence-corrected chi connectivity index (χ3v) is 5.41. The van der Waals surface area contributed by atoms with E-state index in [-0.39, 0.29) is 55.1 Å². The van der Waals surface area contributed by atoms with E-state index < -0.39 is 0 Å². The van der Waals surface area contributed by atoms with Gasteiger partial charge in [0.2, 0.25) is 5.91 Å². The summed E-state index contributed by atoms with van der Waals surface area (Å²) in [4.78, 5) is 17.5. The summed E-state index contributed by atoms with van der Waals surface area (Å²) in [5.41, 5.74) is 8.11. The van der Waals surface area contributed by atoms with E-state index in [1.54, 1.807) is 0 Å². The number of carbonyl (C=O) groups is 1. The molecule has 1 saturated carbocycles. The predicted molar refractivity (Wildman–Crippen MR) is 121 cm³/mol. The van der Waals surface area contributed by atoms with E-state index in [1.165, 1.54) is 0 Å². The molecule has 3 N–H and O–H groups in total. The fourth-order valence-corrected chi connectivity index (χ4v) is 3.86. The van der Waals surface area contributed by atoms with Gasteiger partial charge in [0.15, 0.2) is 0 Å². The molecule has 2 unspecified atom stereocenters. The Balaban J connectivity index is 0.00000225. The summed E-state index contributed by atoms with van der Waals surface area (Å²) in [5, 5.41) is 3.17. The van der Waals surface area contributed by atoms with Crippen LogP contribution in [0.5, 0.6) is 0 Å². The minimum absolute atomic E-state index is 0. The van der Waals surface area contributed by atoms with Crippen LogP contribution in [0.2, 0.25) is 0 Å². The van der Waals surface area contributed by atoms with Gasteiger partial charge in [-0.05, 0) is 37.9 Å². The fraction of sp³-hybridized carbons (Fsp3) is 0.632.